The van der Waals surface area contributed by atoms with E-state index in [4.69, 9.17) is 16.1 Å². The summed E-state index contributed by atoms with van der Waals surface area (Å²) in [5.41, 5.74) is 6.57. The second kappa shape index (κ2) is 7.40. The van der Waals surface area contributed by atoms with E-state index in [1.807, 2.05) is 6.07 Å². The van der Waals surface area contributed by atoms with Crippen LogP contribution in [0.1, 0.15) is 34.0 Å². The van der Waals surface area contributed by atoms with Gasteiger partial charge in [0.25, 0.3) is 0 Å². The predicted molar refractivity (Wildman–Crippen MR) is 88.9 cm³/mol. The molecule has 1 atom stereocenters. The predicted octanol–water partition coefficient (Wildman–Crippen LogP) is 1.36. The van der Waals surface area contributed by atoms with E-state index in [1.54, 1.807) is 0 Å². The number of ether oxygens (including phenoxy) is 1. The lowest BCUT2D eigenvalue weighted by molar-refractivity contribution is -0.145. The second-order valence-corrected chi connectivity index (χ2v) is 5.36. The first-order chi connectivity index (χ1) is 12.3. The van der Waals surface area contributed by atoms with Gasteiger partial charge in [0.15, 0.2) is 5.69 Å². The second-order valence-electron chi connectivity index (χ2n) is 5.36. The summed E-state index contributed by atoms with van der Waals surface area (Å²) in [5.74, 6) is -4.42. The van der Waals surface area contributed by atoms with Crippen LogP contribution in [0.5, 0.6) is 0 Å². The number of aliphatic carboxylic acids is 2. The number of nitrogen functional groups attached to an aromatic ring is 1. The number of rotatable bonds is 6. The van der Waals surface area contributed by atoms with Gasteiger partial charge in [-0.1, -0.05) is 12.1 Å². The molecule has 134 valence electrons. The highest BCUT2D eigenvalue weighted by Crippen LogP contribution is 2.27. The zero-order valence-corrected chi connectivity index (χ0v) is 13.7. The summed E-state index contributed by atoms with van der Waals surface area (Å²) in [5, 5.41) is 27.2. The summed E-state index contributed by atoms with van der Waals surface area (Å²) in [7, 11) is 1.18. The Hall–Kier alpha value is -3.80. The van der Waals surface area contributed by atoms with Gasteiger partial charge in [0, 0.05) is 11.9 Å². The van der Waals surface area contributed by atoms with Gasteiger partial charge in [0.1, 0.15) is 6.07 Å². The summed E-state index contributed by atoms with van der Waals surface area (Å²) in [6.45, 7) is 0. The fourth-order valence-corrected chi connectivity index (χ4v) is 2.51. The highest BCUT2D eigenvalue weighted by atomic mass is 16.5. The zero-order valence-electron chi connectivity index (χ0n) is 13.7. The van der Waals surface area contributed by atoms with Crippen molar-refractivity contribution in [3.8, 4) is 11.8 Å². The van der Waals surface area contributed by atoms with Gasteiger partial charge in [-0.25, -0.2) is 4.79 Å². The number of carboxylic acids is 2. The molecule has 2 aromatic rings. The number of hydrogen-bond donors (Lipinski definition) is 3. The quantitative estimate of drug-likeness (QED) is 0.654. The Morgan fingerprint density at radius 3 is 2.35 bits per heavy atom. The van der Waals surface area contributed by atoms with Crippen LogP contribution in [-0.4, -0.2) is 39.8 Å². The van der Waals surface area contributed by atoms with Crippen molar-refractivity contribution in [3.63, 3.8) is 0 Å². The van der Waals surface area contributed by atoms with E-state index in [0.717, 1.165) is 0 Å². The van der Waals surface area contributed by atoms with E-state index in [2.05, 4.69) is 4.74 Å². The van der Waals surface area contributed by atoms with E-state index in [9.17, 15) is 19.5 Å². The average molecular weight is 357 g/mol. The smallest absolute Gasteiger partial charge is 0.357 e. The standard InChI is InChI=1S/C17H15N3O6/c1-26-17(25)15-14(19)10(7-18)8-20(15)11-4-2-9(3-5-11)12(16(23)24)6-13(21)22/h2-5,8,12H,6,19H2,1H3,(H,21,22)(H,23,24). The zero-order chi connectivity index (χ0) is 19.4. The Morgan fingerprint density at radius 1 is 1.27 bits per heavy atom. The van der Waals surface area contributed by atoms with Crippen molar-refractivity contribution in [2.75, 3.05) is 12.8 Å². The first-order valence-electron chi connectivity index (χ1n) is 7.34. The highest BCUT2D eigenvalue weighted by Gasteiger charge is 2.24. The topological polar surface area (TPSA) is 156 Å². The van der Waals surface area contributed by atoms with E-state index in [0.29, 0.717) is 11.3 Å². The van der Waals surface area contributed by atoms with Gasteiger partial charge in [-0.15, -0.1) is 0 Å². The van der Waals surface area contributed by atoms with Crippen LogP contribution in [0.15, 0.2) is 30.5 Å². The molecule has 0 amide bonds. The molecular formula is C17H15N3O6. The number of methoxy groups -OCH3 is 1. The molecule has 9 nitrogen and oxygen atoms in total. The van der Waals surface area contributed by atoms with Crippen LogP contribution in [0.4, 0.5) is 5.69 Å². The van der Waals surface area contributed by atoms with Crippen molar-refractivity contribution in [1.29, 1.82) is 5.26 Å². The molecule has 2 rings (SSSR count). The first kappa shape index (κ1) is 18.5. The van der Waals surface area contributed by atoms with Gasteiger partial charge in [-0.3, -0.25) is 9.59 Å². The van der Waals surface area contributed by atoms with Crippen molar-refractivity contribution in [2.24, 2.45) is 0 Å². The van der Waals surface area contributed by atoms with Crippen molar-refractivity contribution < 1.29 is 29.3 Å². The van der Waals surface area contributed by atoms with Crippen LogP contribution in [0.2, 0.25) is 0 Å². The molecule has 1 unspecified atom stereocenters. The summed E-state index contributed by atoms with van der Waals surface area (Å²) in [6, 6.07) is 7.76. The number of esters is 1. The molecule has 1 heterocycles. The molecular weight excluding hydrogens is 342 g/mol. The van der Waals surface area contributed by atoms with Gasteiger partial charge >= 0.3 is 17.9 Å². The van der Waals surface area contributed by atoms with E-state index < -0.39 is 30.2 Å². The Labute approximate surface area is 147 Å². The number of hydrogen-bond acceptors (Lipinski definition) is 6. The van der Waals surface area contributed by atoms with Crippen molar-refractivity contribution in [3.05, 3.63) is 47.3 Å². The fraction of sp³-hybridized carbons (Fsp3) is 0.176. The minimum atomic E-state index is -1.26. The fourth-order valence-electron chi connectivity index (χ4n) is 2.51. The van der Waals surface area contributed by atoms with Gasteiger partial charge in [-0.05, 0) is 17.7 Å². The lowest BCUT2D eigenvalue weighted by Crippen LogP contribution is -2.16. The lowest BCUT2D eigenvalue weighted by Gasteiger charge is -2.12. The molecule has 9 heteroatoms. The molecule has 4 N–H and O–H groups in total. The maximum atomic E-state index is 12.0. The molecule has 26 heavy (non-hydrogen) atoms. The molecule has 0 bridgehead atoms. The van der Waals surface area contributed by atoms with Gasteiger partial charge in [-0.2, -0.15) is 5.26 Å². The number of carboxylic acid groups (broad SMARTS) is 2. The molecule has 0 spiro atoms. The number of anilines is 1. The maximum Gasteiger partial charge on any atom is 0.357 e. The molecule has 1 aromatic carbocycles. The molecule has 0 aliphatic carbocycles. The molecule has 0 aliphatic rings. The Kier molecular flexibility index (Phi) is 5.27. The summed E-state index contributed by atoms with van der Waals surface area (Å²) < 4.78 is 6.04. The minimum Gasteiger partial charge on any atom is -0.481 e. The number of carbonyl (C=O) groups excluding carboxylic acids is 1. The van der Waals surface area contributed by atoms with Crippen LogP contribution in [-0.2, 0) is 14.3 Å². The number of nitrogens with two attached hydrogens (primary N) is 1. The van der Waals surface area contributed by atoms with Crippen molar-refractivity contribution >= 4 is 23.6 Å². The molecule has 1 aromatic heterocycles. The van der Waals surface area contributed by atoms with E-state index in [-0.39, 0.29) is 16.9 Å². The van der Waals surface area contributed by atoms with E-state index in [1.165, 1.54) is 42.1 Å². The third kappa shape index (κ3) is 3.49. The third-order valence-electron chi connectivity index (χ3n) is 3.79. The highest BCUT2D eigenvalue weighted by molar-refractivity contribution is 5.96. The number of benzene rings is 1. The number of nitrogens with zero attached hydrogens (tertiary/aromatic N) is 2. The van der Waals surface area contributed by atoms with Crippen LogP contribution < -0.4 is 5.73 Å². The minimum absolute atomic E-state index is 0.0299. The maximum absolute atomic E-state index is 12.0. The molecule has 0 radical (unpaired) electrons. The molecule has 0 saturated heterocycles. The SMILES string of the molecule is COC(=O)c1c(N)c(C#N)cn1-c1ccc(C(CC(=O)O)C(=O)O)cc1. The monoisotopic (exact) mass is 357 g/mol. The van der Waals surface area contributed by atoms with E-state index >= 15 is 0 Å². The summed E-state index contributed by atoms with van der Waals surface area (Å²) in [6.07, 6.45) is 0.805. The Bertz CT molecular complexity index is 908. The largest absolute Gasteiger partial charge is 0.481 e. The van der Waals surface area contributed by atoms with Gasteiger partial charge < -0.3 is 25.3 Å². The van der Waals surface area contributed by atoms with Crippen LogP contribution in [0.25, 0.3) is 5.69 Å². The lowest BCUT2D eigenvalue weighted by atomic mass is 9.96. The Balaban J connectivity index is 2.49. The normalized spacial score (nSPS) is 11.4. The number of aromatic nitrogens is 1. The first-order valence-corrected chi connectivity index (χ1v) is 7.34. The average Bonchev–Trinajstić information content (AvgIpc) is 2.95. The molecule has 0 saturated carbocycles. The number of nitriles is 1. The van der Waals surface area contributed by atoms with Crippen molar-refractivity contribution in [1.82, 2.24) is 4.57 Å². The molecule has 0 aliphatic heterocycles. The van der Waals surface area contributed by atoms with Crippen LogP contribution in [0.3, 0.4) is 0 Å². The number of carbonyl (C=O) groups is 3. The summed E-state index contributed by atoms with van der Waals surface area (Å²) >= 11 is 0. The molecule has 0 fully saturated rings. The van der Waals surface area contributed by atoms with Gasteiger partial charge in [0.05, 0.1) is 30.7 Å². The third-order valence-corrected chi connectivity index (χ3v) is 3.79. The van der Waals surface area contributed by atoms with Gasteiger partial charge in [0.2, 0.25) is 0 Å². The van der Waals surface area contributed by atoms with Crippen LogP contribution in [0, 0.1) is 11.3 Å². The van der Waals surface area contributed by atoms with Crippen LogP contribution >= 0.6 is 0 Å². The van der Waals surface area contributed by atoms with Crippen molar-refractivity contribution in [2.45, 2.75) is 12.3 Å². The Morgan fingerprint density at radius 2 is 1.88 bits per heavy atom. The summed E-state index contributed by atoms with van der Waals surface area (Å²) in [4.78, 5) is 34.1.